The van der Waals surface area contributed by atoms with Crippen molar-refractivity contribution in [2.45, 2.75) is 20.3 Å². The molecule has 1 saturated heterocycles. The van der Waals surface area contributed by atoms with E-state index >= 15 is 0 Å². The van der Waals surface area contributed by atoms with Gasteiger partial charge < -0.3 is 10.2 Å². The zero-order chi connectivity index (χ0) is 13.8. The van der Waals surface area contributed by atoms with E-state index in [2.05, 4.69) is 5.32 Å². The third-order valence-electron chi connectivity index (χ3n) is 3.63. The van der Waals surface area contributed by atoms with Crippen LogP contribution in [0.25, 0.3) is 0 Å². The van der Waals surface area contributed by atoms with Crippen molar-refractivity contribution in [1.29, 1.82) is 0 Å². The molecule has 0 radical (unpaired) electrons. The maximum atomic E-state index is 12.2. The van der Waals surface area contributed by atoms with Gasteiger partial charge in [0, 0.05) is 31.2 Å². The van der Waals surface area contributed by atoms with E-state index in [0.717, 1.165) is 5.70 Å². The van der Waals surface area contributed by atoms with Crippen LogP contribution in [0.3, 0.4) is 0 Å². The Morgan fingerprint density at radius 1 is 1.47 bits per heavy atom. The van der Waals surface area contributed by atoms with Crippen LogP contribution >= 0.6 is 0 Å². The van der Waals surface area contributed by atoms with Crippen molar-refractivity contribution in [3.63, 3.8) is 0 Å². The smallest absolute Gasteiger partial charge is 0.310 e. The summed E-state index contributed by atoms with van der Waals surface area (Å²) in [5.74, 6) is 0.485. The van der Waals surface area contributed by atoms with Crippen molar-refractivity contribution in [1.82, 2.24) is 10.2 Å². The molecule has 6 heteroatoms. The van der Waals surface area contributed by atoms with Crippen molar-refractivity contribution in [2.75, 3.05) is 13.1 Å². The molecule has 0 aromatic rings. The van der Waals surface area contributed by atoms with Crippen molar-refractivity contribution in [3.05, 3.63) is 45.1 Å². The Balaban J connectivity index is 2.18. The molecule has 100 valence electrons. The molecule has 0 amide bonds. The highest BCUT2D eigenvalue weighted by molar-refractivity contribution is 6.02. The first-order valence-corrected chi connectivity index (χ1v) is 6.27. The van der Waals surface area contributed by atoms with Gasteiger partial charge in [-0.05, 0) is 5.41 Å². The van der Waals surface area contributed by atoms with Crippen LogP contribution in [0.5, 0.6) is 0 Å². The first-order valence-electron chi connectivity index (χ1n) is 6.27. The molecule has 1 N–H and O–H groups in total. The Labute approximate surface area is 110 Å². The van der Waals surface area contributed by atoms with Gasteiger partial charge in [0.25, 0.3) is 0 Å². The average molecular weight is 261 g/mol. The number of carbonyl (C=O) groups is 1. The minimum atomic E-state index is -0.433. The number of carbonyl (C=O) groups excluding carboxylic acids is 1. The predicted molar refractivity (Wildman–Crippen MR) is 68.3 cm³/mol. The SMILES string of the molecule is CC1(C)C=C2C(=CC([N+](=O)[O-])=C3NCCN23)C(=O)C1. The topological polar surface area (TPSA) is 75.5 Å². The molecule has 0 unspecified atom stereocenters. The van der Waals surface area contributed by atoms with Crippen LogP contribution in [0.15, 0.2) is 34.9 Å². The van der Waals surface area contributed by atoms with Crippen LogP contribution in [0.4, 0.5) is 0 Å². The van der Waals surface area contributed by atoms with Gasteiger partial charge in [0.1, 0.15) is 0 Å². The third-order valence-corrected chi connectivity index (χ3v) is 3.63. The summed E-state index contributed by atoms with van der Waals surface area (Å²) in [6.07, 6.45) is 3.85. The summed E-state index contributed by atoms with van der Waals surface area (Å²) in [5.41, 5.74) is 1.06. The van der Waals surface area contributed by atoms with Crippen LogP contribution in [-0.4, -0.2) is 28.7 Å². The molecule has 19 heavy (non-hydrogen) atoms. The molecule has 0 aromatic heterocycles. The van der Waals surface area contributed by atoms with Crippen molar-refractivity contribution in [3.8, 4) is 0 Å². The molecule has 0 atom stereocenters. The first kappa shape index (κ1) is 12.0. The summed E-state index contributed by atoms with van der Waals surface area (Å²) >= 11 is 0. The molecule has 1 fully saturated rings. The van der Waals surface area contributed by atoms with E-state index in [9.17, 15) is 14.9 Å². The molecule has 0 saturated carbocycles. The first-order chi connectivity index (χ1) is 8.89. The van der Waals surface area contributed by atoms with E-state index in [1.54, 1.807) is 0 Å². The van der Waals surface area contributed by atoms with Crippen LogP contribution in [0.2, 0.25) is 0 Å². The van der Waals surface area contributed by atoms with E-state index < -0.39 is 4.92 Å². The number of rotatable bonds is 1. The van der Waals surface area contributed by atoms with Gasteiger partial charge in [0.2, 0.25) is 0 Å². The summed E-state index contributed by atoms with van der Waals surface area (Å²) in [7, 11) is 0. The zero-order valence-electron chi connectivity index (χ0n) is 10.9. The standard InChI is InChI=1S/C13H15N3O3/c1-13(2)6-10-8(11(17)7-13)5-9(16(18)19)12-14-3-4-15(10)12/h5-6,14H,3-4,7H2,1-2H3. The maximum Gasteiger partial charge on any atom is 0.310 e. The van der Waals surface area contributed by atoms with E-state index in [4.69, 9.17) is 0 Å². The molecule has 3 aliphatic rings. The highest BCUT2D eigenvalue weighted by Gasteiger charge is 2.41. The van der Waals surface area contributed by atoms with E-state index in [0.29, 0.717) is 30.9 Å². The third kappa shape index (κ3) is 1.75. The Hall–Kier alpha value is -2.11. The van der Waals surface area contributed by atoms with E-state index in [1.165, 1.54) is 6.08 Å². The summed E-state index contributed by atoms with van der Waals surface area (Å²) in [5, 5.41) is 14.1. The van der Waals surface area contributed by atoms with Gasteiger partial charge in [0.15, 0.2) is 11.6 Å². The van der Waals surface area contributed by atoms with E-state index in [1.807, 2.05) is 24.8 Å². The van der Waals surface area contributed by atoms with Gasteiger partial charge in [-0.25, -0.2) is 0 Å². The van der Waals surface area contributed by atoms with Gasteiger partial charge in [-0.2, -0.15) is 0 Å². The molecule has 3 rings (SSSR count). The Kier molecular flexibility index (Phi) is 2.32. The number of fused-ring (bicyclic) bond motifs is 3. The number of nitrogens with one attached hydrogen (secondary N) is 1. The molecule has 0 spiro atoms. The van der Waals surface area contributed by atoms with Crippen LogP contribution in [-0.2, 0) is 4.79 Å². The molecule has 2 heterocycles. The molecule has 0 aromatic carbocycles. The van der Waals surface area contributed by atoms with Gasteiger partial charge in [-0.15, -0.1) is 0 Å². The molecule has 1 aliphatic carbocycles. The minimum Gasteiger partial charge on any atom is -0.364 e. The fourth-order valence-corrected chi connectivity index (χ4v) is 2.84. The molecular formula is C13H15N3O3. The fraction of sp³-hybridized carbons (Fsp3) is 0.462. The Morgan fingerprint density at radius 2 is 2.21 bits per heavy atom. The van der Waals surface area contributed by atoms with Gasteiger partial charge in [-0.3, -0.25) is 14.9 Å². The van der Waals surface area contributed by atoms with Gasteiger partial charge in [-0.1, -0.05) is 19.9 Å². The van der Waals surface area contributed by atoms with E-state index in [-0.39, 0.29) is 16.9 Å². The Morgan fingerprint density at radius 3 is 2.89 bits per heavy atom. The second kappa shape index (κ2) is 3.69. The van der Waals surface area contributed by atoms with Gasteiger partial charge in [0.05, 0.1) is 10.6 Å². The number of ketones is 1. The second-order valence-corrected chi connectivity index (χ2v) is 5.75. The van der Waals surface area contributed by atoms with Crippen LogP contribution in [0, 0.1) is 15.5 Å². The van der Waals surface area contributed by atoms with Crippen LogP contribution in [0.1, 0.15) is 20.3 Å². The Bertz CT molecular complexity index is 584. The fourth-order valence-electron chi connectivity index (χ4n) is 2.84. The zero-order valence-corrected chi connectivity index (χ0v) is 10.9. The lowest BCUT2D eigenvalue weighted by atomic mass is 9.77. The summed E-state index contributed by atoms with van der Waals surface area (Å²) in [6, 6.07) is 0. The lowest BCUT2D eigenvalue weighted by Crippen LogP contribution is -2.35. The largest absolute Gasteiger partial charge is 0.364 e. The second-order valence-electron chi connectivity index (χ2n) is 5.75. The van der Waals surface area contributed by atoms with Crippen molar-refractivity contribution in [2.24, 2.45) is 5.41 Å². The summed E-state index contributed by atoms with van der Waals surface area (Å²) < 4.78 is 0. The normalized spacial score (nSPS) is 24.3. The highest BCUT2D eigenvalue weighted by atomic mass is 16.6. The molecule has 6 nitrogen and oxygen atoms in total. The van der Waals surface area contributed by atoms with Gasteiger partial charge >= 0.3 is 5.70 Å². The lowest BCUT2D eigenvalue weighted by molar-refractivity contribution is -0.421. The quantitative estimate of drug-likeness (QED) is 0.566. The highest BCUT2D eigenvalue weighted by Crippen LogP contribution is 2.40. The van der Waals surface area contributed by atoms with Crippen LogP contribution < -0.4 is 5.32 Å². The van der Waals surface area contributed by atoms with Crippen molar-refractivity contribution >= 4 is 5.78 Å². The molecule has 0 bridgehead atoms. The van der Waals surface area contributed by atoms with Crippen molar-refractivity contribution < 1.29 is 9.72 Å². The minimum absolute atomic E-state index is 0.0160. The number of Topliss-reactive ketones (excluding diaryl/α,β-unsaturated/α-hetero) is 1. The average Bonchev–Trinajstić information content (AvgIpc) is 2.75. The number of nitrogens with zero attached hydrogens (tertiary/aromatic N) is 2. The molecular weight excluding hydrogens is 246 g/mol. The lowest BCUT2D eigenvalue weighted by Gasteiger charge is -2.34. The summed E-state index contributed by atoms with van der Waals surface area (Å²) in [6.45, 7) is 5.31. The number of allylic oxidation sites excluding steroid dienone is 3. The predicted octanol–water partition coefficient (Wildman–Crippen LogP) is 1.16. The monoisotopic (exact) mass is 261 g/mol. The number of nitro groups is 1. The number of hydrogen-bond acceptors (Lipinski definition) is 5. The number of hydrogen-bond donors (Lipinski definition) is 1. The summed E-state index contributed by atoms with van der Waals surface area (Å²) in [4.78, 5) is 24.7. The molecule has 2 aliphatic heterocycles. The maximum absolute atomic E-state index is 12.2.